The Labute approximate surface area is 188 Å². The van der Waals surface area contributed by atoms with Gasteiger partial charge in [0.15, 0.2) is 11.5 Å². The van der Waals surface area contributed by atoms with Crippen LogP contribution in [-0.4, -0.2) is 46.3 Å². The normalized spacial score (nSPS) is 14.7. The van der Waals surface area contributed by atoms with E-state index in [0.29, 0.717) is 46.5 Å². The minimum Gasteiger partial charge on any atom is -0.493 e. The monoisotopic (exact) mass is 442 g/mol. The van der Waals surface area contributed by atoms with Crippen molar-refractivity contribution >= 4 is 23.2 Å². The number of nitrogens with one attached hydrogen (secondary N) is 1. The molecule has 1 aliphatic heterocycles. The molecule has 0 radical (unpaired) electrons. The Balaban J connectivity index is 1.91. The van der Waals surface area contributed by atoms with Crippen molar-refractivity contribution in [1.82, 2.24) is 0 Å². The first kappa shape index (κ1) is 23.2. The molecule has 8 nitrogen and oxygen atoms in total. The van der Waals surface area contributed by atoms with Gasteiger partial charge >= 0.3 is 0 Å². The number of ether oxygens (including phenoxy) is 4. The van der Waals surface area contributed by atoms with Crippen LogP contribution in [0.2, 0.25) is 0 Å². The maximum absolute atomic E-state index is 13.0. The predicted octanol–water partition coefficient (Wildman–Crippen LogP) is 4.13. The molecule has 1 N–H and O–H groups in total. The van der Waals surface area contributed by atoms with Gasteiger partial charge in [-0.05, 0) is 44.5 Å². The number of carbonyl (C=O) groups excluding carboxylic acids is 2. The van der Waals surface area contributed by atoms with Crippen LogP contribution < -0.4 is 29.2 Å². The summed E-state index contributed by atoms with van der Waals surface area (Å²) in [6, 6.07) is 8.46. The lowest BCUT2D eigenvalue weighted by Crippen LogP contribution is -2.42. The van der Waals surface area contributed by atoms with Gasteiger partial charge in [-0.15, -0.1) is 0 Å². The fraction of sp³-hybridized carbons (Fsp3) is 0.417. The lowest BCUT2D eigenvalue weighted by Gasteiger charge is -2.27. The zero-order chi connectivity index (χ0) is 23.5. The molecule has 0 atom stereocenters. The van der Waals surface area contributed by atoms with Gasteiger partial charge in [-0.2, -0.15) is 0 Å². The van der Waals surface area contributed by atoms with Crippen LogP contribution in [-0.2, 0) is 4.79 Å². The SMILES string of the molecule is CCCN1C(=O)C(C)(C)COc2cc(NC(=O)c3cc(OC)c(OC)c(OC)c3)ccc21. The van der Waals surface area contributed by atoms with Crippen molar-refractivity contribution in [2.45, 2.75) is 27.2 Å². The van der Waals surface area contributed by atoms with E-state index < -0.39 is 5.41 Å². The summed E-state index contributed by atoms with van der Waals surface area (Å²) in [5.41, 5.74) is 0.951. The van der Waals surface area contributed by atoms with Gasteiger partial charge in [0.25, 0.3) is 5.91 Å². The van der Waals surface area contributed by atoms with Crippen LogP contribution in [0.3, 0.4) is 0 Å². The Morgan fingerprint density at radius 1 is 1.09 bits per heavy atom. The quantitative estimate of drug-likeness (QED) is 0.694. The van der Waals surface area contributed by atoms with Crippen LogP contribution >= 0.6 is 0 Å². The summed E-state index contributed by atoms with van der Waals surface area (Å²) >= 11 is 0. The molecule has 0 bridgehead atoms. The standard InChI is InChI=1S/C24H30N2O6/c1-7-10-26-17-9-8-16(13-18(17)32-14-24(2,3)23(26)28)25-22(27)15-11-19(29-4)21(31-6)20(12-15)30-5/h8-9,11-13H,7,10,14H2,1-6H3,(H,25,27). The second-order valence-corrected chi connectivity index (χ2v) is 8.18. The van der Waals surface area contributed by atoms with Gasteiger partial charge in [-0.25, -0.2) is 0 Å². The average Bonchev–Trinajstić information content (AvgIpc) is 2.88. The van der Waals surface area contributed by atoms with Gasteiger partial charge in [0.2, 0.25) is 11.7 Å². The molecule has 172 valence electrons. The summed E-state index contributed by atoms with van der Waals surface area (Å²) in [5.74, 6) is 1.41. The Morgan fingerprint density at radius 3 is 2.31 bits per heavy atom. The van der Waals surface area contributed by atoms with E-state index in [4.69, 9.17) is 18.9 Å². The number of rotatable bonds is 7. The number of carbonyl (C=O) groups is 2. The highest BCUT2D eigenvalue weighted by Crippen LogP contribution is 2.40. The highest BCUT2D eigenvalue weighted by Gasteiger charge is 2.37. The molecule has 0 spiro atoms. The molecular weight excluding hydrogens is 412 g/mol. The summed E-state index contributed by atoms with van der Waals surface area (Å²) in [7, 11) is 4.49. The summed E-state index contributed by atoms with van der Waals surface area (Å²) < 4.78 is 21.9. The first-order valence-electron chi connectivity index (χ1n) is 10.5. The van der Waals surface area contributed by atoms with Gasteiger partial charge < -0.3 is 29.2 Å². The Kier molecular flexibility index (Phi) is 6.81. The molecule has 0 fully saturated rings. The number of benzene rings is 2. The van der Waals surface area contributed by atoms with Crippen molar-refractivity contribution < 1.29 is 28.5 Å². The number of anilines is 2. The predicted molar refractivity (Wildman–Crippen MR) is 122 cm³/mol. The molecule has 1 aliphatic rings. The van der Waals surface area contributed by atoms with Crippen LogP contribution in [0.25, 0.3) is 0 Å². The van der Waals surface area contributed by atoms with E-state index in [2.05, 4.69) is 5.32 Å². The molecule has 0 saturated heterocycles. The third kappa shape index (κ3) is 4.44. The number of methoxy groups -OCH3 is 3. The van der Waals surface area contributed by atoms with E-state index in [-0.39, 0.29) is 18.4 Å². The molecule has 0 aliphatic carbocycles. The van der Waals surface area contributed by atoms with Crippen LogP contribution in [0.4, 0.5) is 11.4 Å². The average molecular weight is 443 g/mol. The maximum atomic E-state index is 13.0. The van der Waals surface area contributed by atoms with E-state index in [1.165, 1.54) is 21.3 Å². The van der Waals surface area contributed by atoms with Gasteiger partial charge in [-0.1, -0.05) is 6.92 Å². The first-order valence-corrected chi connectivity index (χ1v) is 10.5. The Morgan fingerprint density at radius 2 is 1.75 bits per heavy atom. The van der Waals surface area contributed by atoms with Gasteiger partial charge in [-0.3, -0.25) is 9.59 Å². The minimum absolute atomic E-state index is 0.0207. The number of fused-ring (bicyclic) bond motifs is 1. The molecule has 1 heterocycles. The molecule has 0 aromatic heterocycles. The molecular formula is C24H30N2O6. The van der Waals surface area contributed by atoms with Crippen molar-refractivity contribution in [2.75, 3.05) is 44.7 Å². The molecule has 2 amide bonds. The number of hydrogen-bond donors (Lipinski definition) is 1. The summed E-state index contributed by atoms with van der Waals surface area (Å²) in [4.78, 5) is 27.7. The molecule has 0 unspecified atom stereocenters. The second kappa shape index (κ2) is 9.38. The third-order valence-corrected chi connectivity index (χ3v) is 5.30. The van der Waals surface area contributed by atoms with Crippen LogP contribution in [0, 0.1) is 5.41 Å². The fourth-order valence-corrected chi connectivity index (χ4v) is 3.59. The van der Waals surface area contributed by atoms with E-state index in [1.54, 1.807) is 35.2 Å². The first-order chi connectivity index (χ1) is 15.2. The largest absolute Gasteiger partial charge is 0.493 e. The molecule has 2 aromatic rings. The molecule has 0 saturated carbocycles. The summed E-state index contributed by atoms with van der Waals surface area (Å²) in [6.07, 6.45) is 0.820. The second-order valence-electron chi connectivity index (χ2n) is 8.18. The van der Waals surface area contributed by atoms with Crippen LogP contribution in [0.15, 0.2) is 30.3 Å². The van der Waals surface area contributed by atoms with E-state index >= 15 is 0 Å². The summed E-state index contributed by atoms with van der Waals surface area (Å²) in [5, 5.41) is 2.87. The Bertz CT molecular complexity index is 993. The highest BCUT2D eigenvalue weighted by molar-refractivity contribution is 6.06. The zero-order valence-electron chi connectivity index (χ0n) is 19.4. The molecule has 2 aromatic carbocycles. The topological polar surface area (TPSA) is 86.3 Å². The van der Waals surface area contributed by atoms with Gasteiger partial charge in [0.1, 0.15) is 12.4 Å². The van der Waals surface area contributed by atoms with Crippen LogP contribution in [0.1, 0.15) is 37.6 Å². The fourth-order valence-electron chi connectivity index (χ4n) is 3.59. The third-order valence-electron chi connectivity index (χ3n) is 5.30. The lowest BCUT2D eigenvalue weighted by atomic mass is 9.93. The minimum atomic E-state index is -0.645. The van der Waals surface area contributed by atoms with E-state index in [9.17, 15) is 9.59 Å². The Hall–Kier alpha value is -3.42. The van der Waals surface area contributed by atoms with Crippen molar-refractivity contribution in [1.29, 1.82) is 0 Å². The van der Waals surface area contributed by atoms with Crippen molar-refractivity contribution in [3.8, 4) is 23.0 Å². The highest BCUT2D eigenvalue weighted by atomic mass is 16.5. The van der Waals surface area contributed by atoms with E-state index in [1.807, 2.05) is 20.8 Å². The van der Waals surface area contributed by atoms with Crippen molar-refractivity contribution in [2.24, 2.45) is 5.41 Å². The molecule has 32 heavy (non-hydrogen) atoms. The van der Waals surface area contributed by atoms with Gasteiger partial charge in [0, 0.05) is 23.9 Å². The number of hydrogen-bond acceptors (Lipinski definition) is 6. The van der Waals surface area contributed by atoms with Crippen molar-refractivity contribution in [3.05, 3.63) is 35.9 Å². The zero-order valence-corrected chi connectivity index (χ0v) is 19.4. The molecule has 8 heteroatoms. The van der Waals surface area contributed by atoms with Gasteiger partial charge in [0.05, 0.1) is 32.4 Å². The van der Waals surface area contributed by atoms with Crippen molar-refractivity contribution in [3.63, 3.8) is 0 Å². The summed E-state index contributed by atoms with van der Waals surface area (Å²) in [6.45, 7) is 6.62. The van der Waals surface area contributed by atoms with E-state index in [0.717, 1.165) is 6.42 Å². The maximum Gasteiger partial charge on any atom is 0.255 e. The smallest absolute Gasteiger partial charge is 0.255 e. The lowest BCUT2D eigenvalue weighted by molar-refractivity contribution is -0.127. The molecule has 3 rings (SSSR count). The number of amides is 2. The number of nitrogens with zero attached hydrogens (tertiary/aromatic N) is 1. The van der Waals surface area contributed by atoms with Crippen LogP contribution in [0.5, 0.6) is 23.0 Å².